The molecule has 1 amide bonds. The zero-order valence-corrected chi connectivity index (χ0v) is 17.2. The number of thioether (sulfide) groups is 1. The lowest BCUT2D eigenvalue weighted by atomic mass is 10.1. The third-order valence-electron chi connectivity index (χ3n) is 3.92. The van der Waals surface area contributed by atoms with Crippen LogP contribution in [-0.2, 0) is 16.1 Å². The number of unbranched alkanes of at least 4 members (excludes halogenated alkanes) is 1. The number of aromatic nitrogens is 2. The molecule has 148 valence electrons. The molecule has 0 aliphatic heterocycles. The van der Waals surface area contributed by atoms with Gasteiger partial charge in [0.1, 0.15) is 4.70 Å². The van der Waals surface area contributed by atoms with Crippen molar-refractivity contribution >= 4 is 45.2 Å². The predicted octanol–water partition coefficient (Wildman–Crippen LogP) is 1.63. The maximum Gasteiger partial charge on any atom is 0.272 e. The van der Waals surface area contributed by atoms with Crippen molar-refractivity contribution < 1.29 is 14.7 Å². The molecule has 2 rings (SSSR count). The van der Waals surface area contributed by atoms with Gasteiger partial charge < -0.3 is 15.2 Å². The molecule has 2 heterocycles. The molecular formula is C18H24N3O4S2-. The maximum atomic E-state index is 12.7. The Balaban J connectivity index is 2.06. The van der Waals surface area contributed by atoms with Gasteiger partial charge in [-0.3, -0.25) is 14.2 Å². The second kappa shape index (κ2) is 10.5. The van der Waals surface area contributed by atoms with E-state index < -0.39 is 5.97 Å². The number of carboxylic acid groups (broad SMARTS) is 1. The second-order valence-electron chi connectivity index (χ2n) is 6.64. The van der Waals surface area contributed by atoms with Crippen molar-refractivity contribution in [2.24, 2.45) is 5.92 Å². The lowest BCUT2D eigenvalue weighted by molar-refractivity contribution is -0.305. The van der Waals surface area contributed by atoms with E-state index in [2.05, 4.69) is 24.1 Å². The highest BCUT2D eigenvalue weighted by molar-refractivity contribution is 7.99. The first-order valence-electron chi connectivity index (χ1n) is 8.96. The van der Waals surface area contributed by atoms with Crippen molar-refractivity contribution in [3.8, 4) is 0 Å². The van der Waals surface area contributed by atoms with Gasteiger partial charge >= 0.3 is 0 Å². The summed E-state index contributed by atoms with van der Waals surface area (Å²) in [5, 5.41) is 15.7. The SMILES string of the molecule is CC(C)CCNC(=O)CSc1nc2ccsc2c(=O)n1CCCCC(=O)[O-]. The van der Waals surface area contributed by atoms with E-state index in [9.17, 15) is 19.5 Å². The molecule has 0 atom stereocenters. The Hall–Kier alpha value is -1.87. The molecule has 0 aliphatic carbocycles. The topological polar surface area (TPSA) is 104 Å². The molecule has 0 fully saturated rings. The number of thiophene rings is 1. The van der Waals surface area contributed by atoms with Gasteiger partial charge in [0.2, 0.25) is 5.91 Å². The minimum atomic E-state index is -1.10. The number of carbonyl (C=O) groups excluding carboxylic acids is 2. The summed E-state index contributed by atoms with van der Waals surface area (Å²) < 4.78 is 2.11. The van der Waals surface area contributed by atoms with Gasteiger partial charge in [0.05, 0.1) is 11.3 Å². The number of fused-ring (bicyclic) bond motifs is 1. The molecule has 27 heavy (non-hydrogen) atoms. The molecular weight excluding hydrogens is 386 g/mol. The van der Waals surface area contributed by atoms with E-state index in [1.54, 1.807) is 10.6 Å². The van der Waals surface area contributed by atoms with Crippen LogP contribution in [0.5, 0.6) is 0 Å². The third kappa shape index (κ3) is 6.66. The fraction of sp³-hybridized carbons (Fsp3) is 0.556. The first-order chi connectivity index (χ1) is 12.9. The summed E-state index contributed by atoms with van der Waals surface area (Å²) in [7, 11) is 0. The molecule has 0 aliphatic rings. The summed E-state index contributed by atoms with van der Waals surface area (Å²) >= 11 is 2.56. The number of aliphatic carboxylic acids is 1. The molecule has 2 aromatic rings. The minimum absolute atomic E-state index is 0.0375. The van der Waals surface area contributed by atoms with E-state index >= 15 is 0 Å². The first kappa shape index (κ1) is 21.4. The highest BCUT2D eigenvalue weighted by Gasteiger charge is 2.14. The van der Waals surface area contributed by atoms with Gasteiger partial charge in [0.25, 0.3) is 5.56 Å². The standard InChI is InChI=1S/C18H25N3O4S2/c1-12(2)6-8-19-14(22)11-27-18-20-13-7-10-26-16(13)17(25)21(18)9-4-3-5-15(23)24/h7,10,12H,3-6,8-9,11H2,1-2H3,(H,19,22)(H,23,24)/p-1. The van der Waals surface area contributed by atoms with Crippen molar-refractivity contribution in [3.05, 3.63) is 21.8 Å². The molecule has 7 nitrogen and oxygen atoms in total. The highest BCUT2D eigenvalue weighted by atomic mass is 32.2. The number of hydrogen-bond acceptors (Lipinski definition) is 7. The molecule has 0 radical (unpaired) electrons. The predicted molar refractivity (Wildman–Crippen MR) is 106 cm³/mol. The molecule has 2 aromatic heterocycles. The van der Waals surface area contributed by atoms with Gasteiger partial charge in [-0.05, 0) is 43.0 Å². The lowest BCUT2D eigenvalue weighted by Crippen LogP contribution is -2.28. The van der Waals surface area contributed by atoms with Crippen LogP contribution in [0.3, 0.4) is 0 Å². The van der Waals surface area contributed by atoms with E-state index in [0.29, 0.717) is 47.2 Å². The Morgan fingerprint density at radius 3 is 2.85 bits per heavy atom. The highest BCUT2D eigenvalue weighted by Crippen LogP contribution is 2.21. The summed E-state index contributed by atoms with van der Waals surface area (Å²) in [4.78, 5) is 39.8. The van der Waals surface area contributed by atoms with Gasteiger partial charge in [-0.2, -0.15) is 0 Å². The summed E-state index contributed by atoms with van der Waals surface area (Å²) in [5.41, 5.74) is 0.477. The number of nitrogens with one attached hydrogen (secondary N) is 1. The fourth-order valence-electron chi connectivity index (χ4n) is 2.45. The summed E-state index contributed by atoms with van der Waals surface area (Å²) in [6.45, 7) is 5.19. The van der Waals surface area contributed by atoms with Crippen LogP contribution in [0.25, 0.3) is 10.2 Å². The quantitative estimate of drug-likeness (QED) is 0.343. The average Bonchev–Trinajstić information content (AvgIpc) is 3.06. The third-order valence-corrected chi connectivity index (χ3v) is 5.79. The molecule has 1 N–H and O–H groups in total. The van der Waals surface area contributed by atoms with Gasteiger partial charge in [0.15, 0.2) is 5.16 Å². The number of carboxylic acids is 1. The Labute approximate surface area is 166 Å². The molecule has 0 saturated carbocycles. The minimum Gasteiger partial charge on any atom is -0.550 e. The largest absolute Gasteiger partial charge is 0.550 e. The van der Waals surface area contributed by atoms with Gasteiger partial charge in [-0.25, -0.2) is 4.98 Å². The van der Waals surface area contributed by atoms with E-state index in [0.717, 1.165) is 6.42 Å². The Kier molecular flexibility index (Phi) is 8.30. The zero-order chi connectivity index (χ0) is 19.8. The van der Waals surface area contributed by atoms with Crippen molar-refractivity contribution in [3.63, 3.8) is 0 Å². The fourth-order valence-corrected chi connectivity index (χ4v) is 4.09. The van der Waals surface area contributed by atoms with Crippen LogP contribution >= 0.6 is 23.1 Å². The van der Waals surface area contributed by atoms with Gasteiger partial charge in [-0.1, -0.05) is 25.6 Å². The van der Waals surface area contributed by atoms with Gasteiger partial charge in [-0.15, -0.1) is 11.3 Å². The Bertz CT molecular complexity index is 845. The first-order valence-corrected chi connectivity index (χ1v) is 10.8. The smallest absolute Gasteiger partial charge is 0.272 e. The van der Waals surface area contributed by atoms with Crippen LogP contribution in [0.1, 0.15) is 39.5 Å². The molecule has 0 spiro atoms. The molecule has 0 aromatic carbocycles. The van der Waals surface area contributed by atoms with Crippen molar-refractivity contribution in [2.45, 2.75) is 51.2 Å². The van der Waals surface area contributed by atoms with Crippen molar-refractivity contribution in [1.29, 1.82) is 0 Å². The van der Waals surface area contributed by atoms with E-state index in [1.165, 1.54) is 23.1 Å². The molecule has 0 bridgehead atoms. The van der Waals surface area contributed by atoms with E-state index in [4.69, 9.17) is 0 Å². The Morgan fingerprint density at radius 1 is 1.37 bits per heavy atom. The van der Waals surface area contributed by atoms with Crippen molar-refractivity contribution in [2.75, 3.05) is 12.3 Å². The molecule has 0 unspecified atom stereocenters. The molecule has 0 saturated heterocycles. The van der Waals surface area contributed by atoms with Crippen LogP contribution < -0.4 is 16.0 Å². The number of amides is 1. The summed E-state index contributed by atoms with van der Waals surface area (Å²) in [6, 6.07) is 1.79. The second-order valence-corrected chi connectivity index (χ2v) is 8.50. The number of hydrogen-bond donors (Lipinski definition) is 1. The average molecular weight is 411 g/mol. The number of nitrogens with zero attached hydrogens (tertiary/aromatic N) is 2. The lowest BCUT2D eigenvalue weighted by Gasteiger charge is -2.12. The van der Waals surface area contributed by atoms with Gasteiger partial charge in [0, 0.05) is 19.1 Å². The molecule has 9 heteroatoms. The van der Waals surface area contributed by atoms with Crippen LogP contribution in [0, 0.1) is 5.92 Å². The van der Waals surface area contributed by atoms with Crippen LogP contribution in [0.2, 0.25) is 0 Å². The Morgan fingerprint density at radius 2 is 2.15 bits per heavy atom. The summed E-state index contributed by atoms with van der Waals surface area (Å²) in [5.74, 6) is -0.489. The van der Waals surface area contributed by atoms with Crippen LogP contribution in [-0.4, -0.2) is 33.7 Å². The van der Waals surface area contributed by atoms with Crippen LogP contribution in [0.4, 0.5) is 0 Å². The summed E-state index contributed by atoms with van der Waals surface area (Å²) in [6.07, 6.45) is 1.83. The monoisotopic (exact) mass is 410 g/mol. The van der Waals surface area contributed by atoms with E-state index in [-0.39, 0.29) is 23.6 Å². The normalized spacial score (nSPS) is 11.2. The number of rotatable bonds is 11. The van der Waals surface area contributed by atoms with E-state index in [1.807, 2.05) is 5.38 Å². The number of carbonyl (C=O) groups is 2. The zero-order valence-electron chi connectivity index (χ0n) is 15.5. The maximum absolute atomic E-state index is 12.7. The van der Waals surface area contributed by atoms with Crippen molar-refractivity contribution in [1.82, 2.24) is 14.9 Å². The van der Waals surface area contributed by atoms with Crippen LogP contribution in [0.15, 0.2) is 21.4 Å².